The maximum absolute atomic E-state index is 12.0. The van der Waals surface area contributed by atoms with Gasteiger partial charge in [0, 0.05) is 17.8 Å². The van der Waals surface area contributed by atoms with Crippen molar-refractivity contribution in [1.82, 2.24) is 0 Å². The van der Waals surface area contributed by atoms with Crippen LogP contribution in [0.15, 0.2) is 78.9 Å². The van der Waals surface area contributed by atoms with Crippen molar-refractivity contribution in [3.8, 4) is 17.2 Å². The van der Waals surface area contributed by atoms with Crippen molar-refractivity contribution in [3.05, 3.63) is 90.0 Å². The minimum absolute atomic E-state index is 0.0950. The molecule has 3 aromatic carbocycles. The zero-order chi connectivity index (χ0) is 19.8. The summed E-state index contributed by atoms with van der Waals surface area (Å²) in [4.78, 5) is 12.0. The van der Waals surface area contributed by atoms with Crippen LogP contribution < -0.4 is 14.8 Å². The van der Waals surface area contributed by atoms with Crippen molar-refractivity contribution in [2.24, 2.45) is 0 Å². The summed E-state index contributed by atoms with van der Waals surface area (Å²) >= 11 is 0. The van der Waals surface area contributed by atoms with Crippen LogP contribution in [0, 0.1) is 0 Å². The minimum atomic E-state index is -0.297. The zero-order valence-electron chi connectivity index (χ0n) is 15.5. The van der Waals surface area contributed by atoms with Crippen molar-refractivity contribution in [1.29, 1.82) is 0 Å². The second-order valence-electron chi connectivity index (χ2n) is 6.06. The molecule has 0 fully saturated rings. The lowest BCUT2D eigenvalue weighted by atomic mass is 10.2. The van der Waals surface area contributed by atoms with Gasteiger partial charge >= 0.3 is 0 Å². The molecule has 0 spiro atoms. The van der Waals surface area contributed by atoms with Gasteiger partial charge in [-0.1, -0.05) is 42.5 Å². The first-order chi connectivity index (χ1) is 13.6. The third kappa shape index (κ3) is 5.38. The highest BCUT2D eigenvalue weighted by atomic mass is 16.5. The Hall–Kier alpha value is -3.73. The highest BCUT2D eigenvalue weighted by Crippen LogP contribution is 2.29. The lowest BCUT2D eigenvalue weighted by Gasteiger charge is -2.11. The van der Waals surface area contributed by atoms with Crippen LogP contribution in [0.1, 0.15) is 11.1 Å². The molecule has 3 rings (SSSR count). The summed E-state index contributed by atoms with van der Waals surface area (Å²) in [5, 5.41) is 12.1. The van der Waals surface area contributed by atoms with E-state index in [1.807, 2.05) is 42.5 Å². The molecule has 0 saturated heterocycles. The minimum Gasteiger partial charge on any atom is -0.508 e. The van der Waals surface area contributed by atoms with Crippen molar-refractivity contribution in [2.45, 2.75) is 6.61 Å². The molecular weight excluding hydrogens is 354 g/mol. The Labute approximate surface area is 163 Å². The lowest BCUT2D eigenvalue weighted by Crippen LogP contribution is -2.07. The quantitative estimate of drug-likeness (QED) is 0.591. The number of methoxy groups -OCH3 is 1. The van der Waals surface area contributed by atoms with Crippen LogP contribution in [0.4, 0.5) is 5.69 Å². The van der Waals surface area contributed by atoms with Gasteiger partial charge in [0.2, 0.25) is 5.91 Å². The molecule has 0 aliphatic heterocycles. The smallest absolute Gasteiger partial charge is 0.248 e. The standard InChI is InChI=1S/C23H21NO4/c1-27-22-14-17(10-12-21(22)28-16-18-6-3-2-4-7-18)11-13-23(26)24-19-8-5-9-20(25)15-19/h2-15,25H,16H2,1H3,(H,24,26)/b13-11+. The van der Waals surface area contributed by atoms with Gasteiger partial charge in [0.1, 0.15) is 12.4 Å². The summed E-state index contributed by atoms with van der Waals surface area (Å²) in [5.74, 6) is 1.02. The number of hydrogen-bond donors (Lipinski definition) is 2. The summed E-state index contributed by atoms with van der Waals surface area (Å²) < 4.78 is 11.2. The molecular formula is C23H21NO4. The number of nitrogens with one attached hydrogen (secondary N) is 1. The largest absolute Gasteiger partial charge is 0.508 e. The van der Waals surface area contributed by atoms with E-state index in [1.165, 1.54) is 12.1 Å². The molecule has 3 aromatic rings. The average Bonchev–Trinajstić information content (AvgIpc) is 2.71. The number of amides is 1. The molecule has 0 aliphatic carbocycles. The van der Waals surface area contributed by atoms with Crippen molar-refractivity contribution in [3.63, 3.8) is 0 Å². The van der Waals surface area contributed by atoms with E-state index in [0.29, 0.717) is 23.8 Å². The lowest BCUT2D eigenvalue weighted by molar-refractivity contribution is -0.111. The Morgan fingerprint density at radius 1 is 1.00 bits per heavy atom. The van der Waals surface area contributed by atoms with Crippen LogP contribution in [0.2, 0.25) is 0 Å². The topological polar surface area (TPSA) is 67.8 Å². The summed E-state index contributed by atoms with van der Waals surface area (Å²) in [5.41, 5.74) is 2.39. The van der Waals surface area contributed by atoms with E-state index >= 15 is 0 Å². The fraction of sp³-hybridized carbons (Fsp3) is 0.0870. The highest BCUT2D eigenvalue weighted by molar-refractivity contribution is 6.02. The monoisotopic (exact) mass is 375 g/mol. The molecule has 0 heterocycles. The van der Waals surface area contributed by atoms with Gasteiger partial charge in [-0.3, -0.25) is 4.79 Å². The number of aromatic hydroxyl groups is 1. The fourth-order valence-corrected chi connectivity index (χ4v) is 2.58. The summed E-state index contributed by atoms with van der Waals surface area (Å²) in [6.07, 6.45) is 3.10. The second kappa shape index (κ2) is 9.28. The van der Waals surface area contributed by atoms with E-state index in [-0.39, 0.29) is 11.7 Å². The van der Waals surface area contributed by atoms with Gasteiger partial charge in [-0.15, -0.1) is 0 Å². The average molecular weight is 375 g/mol. The van der Waals surface area contributed by atoms with Crippen molar-refractivity contribution in [2.75, 3.05) is 12.4 Å². The van der Waals surface area contributed by atoms with Crippen LogP contribution in [0.3, 0.4) is 0 Å². The number of phenols is 1. The summed E-state index contributed by atoms with van der Waals surface area (Å²) in [6.45, 7) is 0.443. The van der Waals surface area contributed by atoms with Gasteiger partial charge in [0.15, 0.2) is 11.5 Å². The Kier molecular flexibility index (Phi) is 6.31. The predicted octanol–water partition coefficient (Wildman–Crippen LogP) is 4.63. The molecule has 0 saturated carbocycles. The normalized spacial score (nSPS) is 10.6. The first kappa shape index (κ1) is 19.0. The van der Waals surface area contributed by atoms with Crippen LogP contribution in [-0.4, -0.2) is 18.1 Å². The molecule has 0 bridgehead atoms. The second-order valence-corrected chi connectivity index (χ2v) is 6.06. The van der Waals surface area contributed by atoms with Gasteiger partial charge in [0.25, 0.3) is 0 Å². The zero-order valence-corrected chi connectivity index (χ0v) is 15.5. The van der Waals surface area contributed by atoms with Crippen LogP contribution in [0.25, 0.3) is 6.08 Å². The molecule has 0 aliphatic rings. The number of carbonyl (C=O) groups is 1. The number of ether oxygens (including phenoxy) is 2. The maximum atomic E-state index is 12.0. The molecule has 142 valence electrons. The van der Waals surface area contributed by atoms with E-state index in [1.54, 1.807) is 37.5 Å². The van der Waals surface area contributed by atoms with E-state index in [4.69, 9.17) is 9.47 Å². The van der Waals surface area contributed by atoms with E-state index in [2.05, 4.69) is 5.32 Å². The van der Waals surface area contributed by atoms with Gasteiger partial charge in [-0.05, 0) is 41.5 Å². The van der Waals surface area contributed by atoms with Crippen LogP contribution in [-0.2, 0) is 11.4 Å². The third-order valence-electron chi connectivity index (χ3n) is 3.97. The first-order valence-electron chi connectivity index (χ1n) is 8.77. The fourth-order valence-electron chi connectivity index (χ4n) is 2.58. The summed E-state index contributed by atoms with van der Waals surface area (Å²) in [7, 11) is 1.58. The maximum Gasteiger partial charge on any atom is 0.248 e. The van der Waals surface area contributed by atoms with Crippen molar-refractivity contribution < 1.29 is 19.4 Å². The molecule has 0 unspecified atom stereocenters. The Bertz CT molecular complexity index is 967. The predicted molar refractivity (Wildman–Crippen MR) is 110 cm³/mol. The molecule has 1 amide bonds. The van der Waals surface area contributed by atoms with Crippen LogP contribution in [0.5, 0.6) is 17.2 Å². The van der Waals surface area contributed by atoms with Gasteiger partial charge < -0.3 is 19.9 Å². The van der Waals surface area contributed by atoms with Gasteiger partial charge in [-0.2, -0.15) is 0 Å². The van der Waals surface area contributed by atoms with Gasteiger partial charge in [-0.25, -0.2) is 0 Å². The molecule has 0 radical (unpaired) electrons. The molecule has 2 N–H and O–H groups in total. The molecule has 28 heavy (non-hydrogen) atoms. The Balaban J connectivity index is 1.64. The highest BCUT2D eigenvalue weighted by Gasteiger charge is 2.06. The van der Waals surface area contributed by atoms with Crippen molar-refractivity contribution >= 4 is 17.7 Å². The molecule has 5 heteroatoms. The number of benzene rings is 3. The SMILES string of the molecule is COc1cc(/C=C/C(=O)Nc2cccc(O)c2)ccc1OCc1ccccc1. The van der Waals surface area contributed by atoms with Crippen LogP contribution >= 0.6 is 0 Å². The van der Waals surface area contributed by atoms with Gasteiger partial charge in [0.05, 0.1) is 7.11 Å². The molecule has 0 aromatic heterocycles. The number of rotatable bonds is 7. The molecule has 5 nitrogen and oxygen atoms in total. The van der Waals surface area contributed by atoms with E-state index < -0.39 is 0 Å². The number of phenolic OH excluding ortho intramolecular Hbond substituents is 1. The van der Waals surface area contributed by atoms with E-state index in [0.717, 1.165) is 11.1 Å². The van der Waals surface area contributed by atoms with E-state index in [9.17, 15) is 9.90 Å². The Morgan fingerprint density at radius 3 is 2.57 bits per heavy atom. The summed E-state index contributed by atoms with van der Waals surface area (Å²) in [6, 6.07) is 21.7. The Morgan fingerprint density at radius 2 is 1.82 bits per heavy atom. The molecule has 0 atom stereocenters. The number of carbonyl (C=O) groups excluding carboxylic acids is 1. The first-order valence-corrected chi connectivity index (χ1v) is 8.77. The number of hydrogen-bond acceptors (Lipinski definition) is 4. The number of anilines is 1. The third-order valence-corrected chi connectivity index (χ3v) is 3.97.